The van der Waals surface area contributed by atoms with Gasteiger partial charge in [0.25, 0.3) is 0 Å². The number of nitrogens with zero attached hydrogens (tertiary/aromatic N) is 2. The number of para-hydroxylation sites is 1. The maximum absolute atomic E-state index is 11.4. The van der Waals surface area contributed by atoms with Gasteiger partial charge in [-0.3, -0.25) is 9.89 Å². The second-order valence-corrected chi connectivity index (χ2v) is 4.96. The van der Waals surface area contributed by atoms with Crippen molar-refractivity contribution in [2.45, 2.75) is 4.90 Å². The van der Waals surface area contributed by atoms with E-state index in [1.54, 1.807) is 6.07 Å². The summed E-state index contributed by atoms with van der Waals surface area (Å²) >= 11 is 0. The molecule has 8 heteroatoms. The van der Waals surface area contributed by atoms with E-state index < -0.39 is 16.1 Å². The molecule has 0 atom stereocenters. The van der Waals surface area contributed by atoms with Crippen molar-refractivity contribution in [3.63, 3.8) is 0 Å². The Morgan fingerprint density at radius 1 is 1.41 bits per heavy atom. The molecule has 0 bridgehead atoms. The van der Waals surface area contributed by atoms with Crippen LogP contribution < -0.4 is 15.8 Å². The lowest BCUT2D eigenvalue weighted by Gasteiger charge is -2.25. The lowest BCUT2D eigenvalue weighted by atomic mass is 10.2. The highest BCUT2D eigenvalue weighted by Crippen LogP contribution is 2.36. The number of urea groups is 1. The molecule has 1 aliphatic rings. The van der Waals surface area contributed by atoms with Crippen molar-refractivity contribution in [1.29, 1.82) is 0 Å². The molecule has 2 rings (SSSR count). The molecule has 1 heterocycles. The van der Waals surface area contributed by atoms with Gasteiger partial charge in [-0.25, -0.2) is 18.4 Å². The molecule has 0 spiro atoms. The van der Waals surface area contributed by atoms with E-state index in [2.05, 4.69) is 4.99 Å². The Bertz CT molecular complexity index is 609. The number of hydrogen-bond donors (Lipinski definition) is 2. The van der Waals surface area contributed by atoms with Crippen molar-refractivity contribution < 1.29 is 13.2 Å². The van der Waals surface area contributed by atoms with Gasteiger partial charge in [0.05, 0.1) is 17.9 Å². The molecule has 0 saturated carbocycles. The van der Waals surface area contributed by atoms with E-state index in [1.165, 1.54) is 18.3 Å². The molecule has 2 amide bonds. The molecule has 0 aromatic heterocycles. The average molecular weight is 254 g/mol. The molecule has 4 N–H and O–H groups in total. The number of hydrogen-bond acceptors (Lipinski definition) is 4. The zero-order valence-electron chi connectivity index (χ0n) is 8.70. The zero-order chi connectivity index (χ0) is 12.6. The van der Waals surface area contributed by atoms with Crippen molar-refractivity contribution in [1.82, 2.24) is 0 Å². The van der Waals surface area contributed by atoms with Crippen molar-refractivity contribution in [2.75, 3.05) is 11.4 Å². The van der Waals surface area contributed by atoms with Gasteiger partial charge in [-0.2, -0.15) is 0 Å². The monoisotopic (exact) mass is 254 g/mol. The molecule has 0 radical (unpaired) electrons. The van der Waals surface area contributed by atoms with E-state index in [0.717, 1.165) is 4.90 Å². The number of fused-ring (bicyclic) bond motifs is 1. The lowest BCUT2D eigenvalue weighted by Crippen LogP contribution is -2.39. The third-order valence-electron chi connectivity index (χ3n) is 2.31. The summed E-state index contributed by atoms with van der Waals surface area (Å²) in [6.07, 6.45) is 1.47. The largest absolute Gasteiger partial charge is 0.351 e. The smallest absolute Gasteiger partial charge is 0.319 e. The number of amides is 2. The van der Waals surface area contributed by atoms with E-state index in [0.29, 0.717) is 5.69 Å². The topological polar surface area (TPSA) is 119 Å². The minimum atomic E-state index is -3.93. The van der Waals surface area contributed by atoms with Crippen LogP contribution in [0.5, 0.6) is 0 Å². The van der Waals surface area contributed by atoms with Gasteiger partial charge in [0.1, 0.15) is 4.90 Å². The molecule has 1 aromatic rings. The molecule has 90 valence electrons. The van der Waals surface area contributed by atoms with E-state index >= 15 is 0 Å². The standard InChI is InChI=1S/C9H10N4O3S/c10-9(14)13-5-4-12-6-2-1-3-7(8(6)13)17(11,15)16/h1-4H,5H2,(H2,10,14)(H2,11,15,16). The van der Waals surface area contributed by atoms with Gasteiger partial charge in [0.15, 0.2) is 0 Å². The Balaban J connectivity index is 2.74. The first-order chi connectivity index (χ1) is 7.91. The fourth-order valence-electron chi connectivity index (χ4n) is 1.63. The first-order valence-electron chi connectivity index (χ1n) is 4.66. The van der Waals surface area contributed by atoms with Gasteiger partial charge < -0.3 is 5.73 Å². The summed E-state index contributed by atoms with van der Waals surface area (Å²) in [5, 5.41) is 5.08. The first kappa shape index (κ1) is 11.6. The van der Waals surface area contributed by atoms with Crippen LogP contribution in [0, 0.1) is 0 Å². The predicted octanol–water partition coefficient (Wildman–Crippen LogP) is -0.0650. The fraction of sp³-hybridized carbons (Fsp3) is 0.111. The Kier molecular flexibility index (Phi) is 2.60. The van der Waals surface area contributed by atoms with Crippen LogP contribution in [-0.2, 0) is 10.0 Å². The highest BCUT2D eigenvalue weighted by atomic mass is 32.2. The van der Waals surface area contributed by atoms with E-state index in [9.17, 15) is 13.2 Å². The van der Waals surface area contributed by atoms with Crippen LogP contribution in [0.2, 0.25) is 0 Å². The molecule has 0 fully saturated rings. The molecule has 0 aliphatic carbocycles. The molecule has 1 aliphatic heterocycles. The number of carbonyl (C=O) groups excluding carboxylic acids is 1. The normalized spacial score (nSPS) is 14.5. The highest BCUT2D eigenvalue weighted by Gasteiger charge is 2.26. The third-order valence-corrected chi connectivity index (χ3v) is 3.26. The van der Waals surface area contributed by atoms with Crippen LogP contribution in [0.4, 0.5) is 16.2 Å². The maximum atomic E-state index is 11.4. The van der Waals surface area contributed by atoms with Crippen LogP contribution in [0.15, 0.2) is 28.1 Å². The van der Waals surface area contributed by atoms with Crippen molar-refractivity contribution in [3.8, 4) is 0 Å². The SMILES string of the molecule is NC(=O)N1CC=Nc2cccc(S(N)(=O)=O)c21. The number of nitrogens with two attached hydrogens (primary N) is 2. The van der Waals surface area contributed by atoms with Gasteiger partial charge >= 0.3 is 6.03 Å². The highest BCUT2D eigenvalue weighted by molar-refractivity contribution is 7.89. The van der Waals surface area contributed by atoms with Gasteiger partial charge in [-0.15, -0.1) is 0 Å². The summed E-state index contributed by atoms with van der Waals surface area (Å²) in [7, 11) is -3.93. The van der Waals surface area contributed by atoms with Crippen LogP contribution in [-0.4, -0.2) is 27.2 Å². The summed E-state index contributed by atoms with van der Waals surface area (Å²) in [5.74, 6) is 0. The zero-order valence-corrected chi connectivity index (χ0v) is 9.52. The predicted molar refractivity (Wildman–Crippen MR) is 62.9 cm³/mol. The number of rotatable bonds is 1. The summed E-state index contributed by atoms with van der Waals surface area (Å²) in [5.41, 5.74) is 5.66. The fourth-order valence-corrected chi connectivity index (χ4v) is 2.38. The second-order valence-electron chi connectivity index (χ2n) is 3.43. The van der Waals surface area contributed by atoms with Gasteiger partial charge in [0.2, 0.25) is 10.0 Å². The van der Waals surface area contributed by atoms with E-state index in [4.69, 9.17) is 10.9 Å². The lowest BCUT2D eigenvalue weighted by molar-refractivity contribution is 0.254. The Morgan fingerprint density at radius 3 is 2.71 bits per heavy atom. The minimum absolute atomic E-state index is 0.120. The number of primary amides is 1. The molecule has 1 aromatic carbocycles. The number of benzene rings is 1. The third kappa shape index (κ3) is 1.99. The maximum Gasteiger partial charge on any atom is 0.319 e. The van der Waals surface area contributed by atoms with Crippen LogP contribution >= 0.6 is 0 Å². The number of aliphatic imine (C=N–C) groups is 1. The van der Waals surface area contributed by atoms with Crippen molar-refractivity contribution in [3.05, 3.63) is 18.2 Å². The number of carbonyl (C=O) groups is 1. The number of primary sulfonamides is 1. The molecule has 0 saturated heterocycles. The molecular weight excluding hydrogens is 244 g/mol. The summed E-state index contributed by atoms with van der Waals surface area (Å²) in [6, 6.07) is 3.63. The van der Waals surface area contributed by atoms with Crippen LogP contribution in [0.1, 0.15) is 0 Å². The van der Waals surface area contributed by atoms with E-state index in [1.807, 2.05) is 0 Å². The summed E-state index contributed by atoms with van der Waals surface area (Å²) in [6.45, 7) is 0.120. The molecule has 7 nitrogen and oxygen atoms in total. The van der Waals surface area contributed by atoms with Gasteiger partial charge in [0, 0.05) is 6.21 Å². The second kappa shape index (κ2) is 3.82. The molecular formula is C9H10N4O3S. The van der Waals surface area contributed by atoms with Crippen LogP contribution in [0.25, 0.3) is 0 Å². The number of anilines is 1. The Hall–Kier alpha value is -1.93. The average Bonchev–Trinajstić information content (AvgIpc) is 2.26. The van der Waals surface area contributed by atoms with Crippen molar-refractivity contribution in [2.24, 2.45) is 15.9 Å². The minimum Gasteiger partial charge on any atom is -0.351 e. The van der Waals surface area contributed by atoms with E-state index in [-0.39, 0.29) is 17.1 Å². The molecule has 17 heavy (non-hydrogen) atoms. The Labute approximate surface area is 97.8 Å². The summed E-state index contributed by atoms with van der Waals surface area (Å²) < 4.78 is 22.8. The van der Waals surface area contributed by atoms with Gasteiger partial charge in [-0.05, 0) is 12.1 Å². The Morgan fingerprint density at radius 2 is 2.12 bits per heavy atom. The summed E-state index contributed by atoms with van der Waals surface area (Å²) in [4.78, 5) is 16.2. The number of sulfonamides is 1. The first-order valence-corrected chi connectivity index (χ1v) is 6.21. The van der Waals surface area contributed by atoms with Crippen molar-refractivity contribution >= 4 is 33.6 Å². The van der Waals surface area contributed by atoms with Gasteiger partial charge in [-0.1, -0.05) is 6.07 Å². The quantitative estimate of drug-likeness (QED) is 0.730. The van der Waals surface area contributed by atoms with Crippen LogP contribution in [0.3, 0.4) is 0 Å². The molecule has 0 unspecified atom stereocenters.